The van der Waals surface area contributed by atoms with Crippen molar-refractivity contribution >= 4 is 5.91 Å². The van der Waals surface area contributed by atoms with Crippen LogP contribution in [-0.2, 0) is 6.54 Å². The third-order valence-corrected chi connectivity index (χ3v) is 3.80. The Labute approximate surface area is 119 Å². The van der Waals surface area contributed by atoms with Gasteiger partial charge < -0.3 is 9.73 Å². The van der Waals surface area contributed by atoms with Crippen LogP contribution < -0.4 is 16.6 Å². The lowest BCUT2D eigenvalue weighted by atomic mass is 10.0. The molecule has 0 atom stereocenters. The molecule has 0 aromatic carbocycles. The zero-order chi connectivity index (χ0) is 14.4. The van der Waals surface area contributed by atoms with E-state index < -0.39 is 0 Å². The third-order valence-electron chi connectivity index (χ3n) is 3.80. The number of hydrazine groups is 1. The van der Waals surface area contributed by atoms with Gasteiger partial charge in [-0.15, -0.1) is 0 Å². The van der Waals surface area contributed by atoms with E-state index in [2.05, 4.69) is 22.6 Å². The summed E-state index contributed by atoms with van der Waals surface area (Å²) in [6, 6.07) is 2.22. The van der Waals surface area contributed by atoms with Gasteiger partial charge in [-0.05, 0) is 45.0 Å². The fraction of sp³-hybridized carbons (Fsp3) is 0.643. The molecular formula is C14H24N4O2. The first kappa shape index (κ1) is 15.0. The van der Waals surface area contributed by atoms with E-state index in [-0.39, 0.29) is 5.91 Å². The van der Waals surface area contributed by atoms with Crippen LogP contribution in [0.15, 0.2) is 16.7 Å². The monoisotopic (exact) mass is 280 g/mol. The Morgan fingerprint density at radius 3 is 2.95 bits per heavy atom. The number of carbonyl (C=O) groups is 1. The van der Waals surface area contributed by atoms with Crippen LogP contribution >= 0.6 is 0 Å². The number of rotatable bonds is 6. The molecule has 1 saturated heterocycles. The van der Waals surface area contributed by atoms with Gasteiger partial charge >= 0.3 is 0 Å². The average Bonchev–Trinajstić information content (AvgIpc) is 2.95. The standard InChI is InChI=1S/C14H24N4O2/c1-2-8-18(11-3-6-16-7-4-11)10-13-12(5-9-20-13)14(19)17-15/h5,9,11,16H,2-4,6-8,10,15H2,1H3,(H,17,19). The molecule has 0 bridgehead atoms. The van der Waals surface area contributed by atoms with Crippen LogP contribution in [0.4, 0.5) is 0 Å². The minimum Gasteiger partial charge on any atom is -0.467 e. The van der Waals surface area contributed by atoms with Gasteiger partial charge in [0, 0.05) is 6.04 Å². The number of nitrogens with one attached hydrogen (secondary N) is 2. The molecule has 1 amide bonds. The molecule has 4 N–H and O–H groups in total. The highest BCUT2D eigenvalue weighted by atomic mass is 16.3. The molecule has 0 saturated carbocycles. The van der Waals surface area contributed by atoms with Crippen molar-refractivity contribution in [3.8, 4) is 0 Å². The van der Waals surface area contributed by atoms with Gasteiger partial charge in [0.2, 0.25) is 0 Å². The Balaban J connectivity index is 2.07. The molecule has 0 aliphatic carbocycles. The Kier molecular flexibility index (Phi) is 5.58. The highest BCUT2D eigenvalue weighted by Crippen LogP contribution is 2.19. The first-order chi connectivity index (χ1) is 9.76. The number of hydrogen-bond donors (Lipinski definition) is 3. The topological polar surface area (TPSA) is 83.5 Å². The van der Waals surface area contributed by atoms with E-state index in [0.29, 0.717) is 23.9 Å². The summed E-state index contributed by atoms with van der Waals surface area (Å²) in [5, 5.41) is 3.38. The molecule has 1 aromatic rings. The lowest BCUT2D eigenvalue weighted by Gasteiger charge is -2.34. The normalized spacial score (nSPS) is 16.6. The van der Waals surface area contributed by atoms with E-state index in [0.717, 1.165) is 38.9 Å². The van der Waals surface area contributed by atoms with Crippen molar-refractivity contribution in [1.82, 2.24) is 15.6 Å². The van der Waals surface area contributed by atoms with Crippen LogP contribution in [0.3, 0.4) is 0 Å². The highest BCUT2D eigenvalue weighted by Gasteiger charge is 2.23. The van der Waals surface area contributed by atoms with E-state index in [1.165, 1.54) is 0 Å². The van der Waals surface area contributed by atoms with Gasteiger partial charge in [-0.3, -0.25) is 15.1 Å². The molecule has 1 aliphatic rings. The summed E-state index contributed by atoms with van der Waals surface area (Å²) >= 11 is 0. The first-order valence-electron chi connectivity index (χ1n) is 7.28. The number of nitrogen functional groups attached to an aromatic ring is 1. The van der Waals surface area contributed by atoms with E-state index in [9.17, 15) is 4.79 Å². The van der Waals surface area contributed by atoms with Crippen molar-refractivity contribution in [2.24, 2.45) is 5.84 Å². The summed E-state index contributed by atoms with van der Waals surface area (Å²) < 4.78 is 5.48. The van der Waals surface area contributed by atoms with E-state index >= 15 is 0 Å². The molecule has 0 spiro atoms. The SMILES string of the molecule is CCCN(Cc1occc1C(=O)NN)C1CCNCC1. The molecular weight excluding hydrogens is 256 g/mol. The lowest BCUT2D eigenvalue weighted by molar-refractivity contribution is 0.0946. The zero-order valence-corrected chi connectivity index (χ0v) is 12.0. The Hall–Kier alpha value is -1.37. The summed E-state index contributed by atoms with van der Waals surface area (Å²) in [5.41, 5.74) is 2.70. The van der Waals surface area contributed by atoms with Crippen LogP contribution in [0, 0.1) is 0 Å². The third kappa shape index (κ3) is 3.59. The number of nitrogens with zero attached hydrogens (tertiary/aromatic N) is 1. The molecule has 112 valence electrons. The predicted molar refractivity (Wildman–Crippen MR) is 77.0 cm³/mol. The fourth-order valence-electron chi connectivity index (χ4n) is 2.78. The van der Waals surface area contributed by atoms with Gasteiger partial charge in [-0.2, -0.15) is 0 Å². The maximum absolute atomic E-state index is 11.7. The van der Waals surface area contributed by atoms with Crippen molar-refractivity contribution in [3.63, 3.8) is 0 Å². The smallest absolute Gasteiger partial charge is 0.268 e. The number of furan rings is 1. The summed E-state index contributed by atoms with van der Waals surface area (Å²) in [6.07, 6.45) is 4.91. The van der Waals surface area contributed by atoms with Gasteiger partial charge in [0.1, 0.15) is 5.76 Å². The number of amides is 1. The minimum atomic E-state index is -0.296. The molecule has 1 aromatic heterocycles. The van der Waals surface area contributed by atoms with Crippen LogP contribution in [0.25, 0.3) is 0 Å². The van der Waals surface area contributed by atoms with Crippen molar-refractivity contribution in [1.29, 1.82) is 0 Å². The number of hydrogen-bond acceptors (Lipinski definition) is 5. The van der Waals surface area contributed by atoms with Crippen molar-refractivity contribution in [2.75, 3.05) is 19.6 Å². The van der Waals surface area contributed by atoms with Crippen molar-refractivity contribution in [2.45, 2.75) is 38.8 Å². The van der Waals surface area contributed by atoms with Crippen LogP contribution in [0.1, 0.15) is 42.3 Å². The molecule has 1 aliphatic heterocycles. The highest BCUT2D eigenvalue weighted by molar-refractivity contribution is 5.94. The van der Waals surface area contributed by atoms with E-state index in [1.54, 1.807) is 12.3 Å². The number of piperidine rings is 1. The zero-order valence-electron chi connectivity index (χ0n) is 12.0. The van der Waals surface area contributed by atoms with Gasteiger partial charge in [-0.25, -0.2) is 5.84 Å². The molecule has 2 rings (SSSR count). The Morgan fingerprint density at radius 2 is 2.30 bits per heavy atom. The molecule has 6 heteroatoms. The van der Waals surface area contributed by atoms with Crippen molar-refractivity contribution in [3.05, 3.63) is 23.7 Å². The Bertz CT molecular complexity index is 427. The lowest BCUT2D eigenvalue weighted by Crippen LogP contribution is -2.43. The largest absolute Gasteiger partial charge is 0.467 e. The van der Waals surface area contributed by atoms with Crippen LogP contribution in [0.5, 0.6) is 0 Å². The average molecular weight is 280 g/mol. The van der Waals surface area contributed by atoms with Crippen LogP contribution in [0.2, 0.25) is 0 Å². The van der Waals surface area contributed by atoms with Gasteiger partial charge in [-0.1, -0.05) is 6.92 Å². The maximum atomic E-state index is 11.7. The van der Waals surface area contributed by atoms with Crippen LogP contribution in [-0.4, -0.2) is 36.5 Å². The molecule has 0 radical (unpaired) electrons. The first-order valence-corrected chi connectivity index (χ1v) is 7.28. The second kappa shape index (κ2) is 7.42. The molecule has 2 heterocycles. The molecule has 1 fully saturated rings. The predicted octanol–water partition coefficient (Wildman–Crippen LogP) is 0.847. The fourth-order valence-corrected chi connectivity index (χ4v) is 2.78. The van der Waals surface area contributed by atoms with E-state index in [1.807, 2.05) is 0 Å². The second-order valence-electron chi connectivity index (χ2n) is 5.18. The number of nitrogens with two attached hydrogens (primary N) is 1. The van der Waals surface area contributed by atoms with E-state index in [4.69, 9.17) is 10.3 Å². The molecule has 20 heavy (non-hydrogen) atoms. The van der Waals surface area contributed by atoms with Gasteiger partial charge in [0.05, 0.1) is 18.4 Å². The Morgan fingerprint density at radius 1 is 1.55 bits per heavy atom. The second-order valence-corrected chi connectivity index (χ2v) is 5.18. The summed E-state index contributed by atoms with van der Waals surface area (Å²) in [6.45, 7) is 5.95. The maximum Gasteiger partial charge on any atom is 0.268 e. The van der Waals surface area contributed by atoms with Crippen molar-refractivity contribution < 1.29 is 9.21 Å². The summed E-state index contributed by atoms with van der Waals surface area (Å²) in [7, 11) is 0. The summed E-state index contributed by atoms with van der Waals surface area (Å²) in [4.78, 5) is 14.1. The molecule has 6 nitrogen and oxygen atoms in total. The minimum absolute atomic E-state index is 0.296. The quantitative estimate of drug-likeness (QED) is 0.409. The number of carbonyl (C=O) groups excluding carboxylic acids is 1. The molecule has 0 unspecified atom stereocenters. The van der Waals surface area contributed by atoms with Gasteiger partial charge in [0.15, 0.2) is 0 Å². The summed E-state index contributed by atoms with van der Waals surface area (Å²) in [5.74, 6) is 5.60. The van der Waals surface area contributed by atoms with Gasteiger partial charge in [0.25, 0.3) is 5.91 Å².